The Labute approximate surface area is 119 Å². The number of piperazine rings is 1. The molecule has 1 heterocycles. The summed E-state index contributed by atoms with van der Waals surface area (Å²) in [6, 6.07) is 7.24. The lowest BCUT2D eigenvalue weighted by Gasteiger charge is -2.31. The van der Waals surface area contributed by atoms with Gasteiger partial charge in [0, 0.05) is 20.1 Å². The maximum Gasteiger partial charge on any atom is 0.236 e. The molecule has 1 aromatic carbocycles. The fourth-order valence-electron chi connectivity index (χ4n) is 2.21. The van der Waals surface area contributed by atoms with Gasteiger partial charge in [-0.1, -0.05) is 12.1 Å². The van der Waals surface area contributed by atoms with Crippen LogP contribution in [0.1, 0.15) is 17.3 Å². The van der Waals surface area contributed by atoms with E-state index in [1.54, 1.807) is 24.1 Å². The molecule has 0 saturated carbocycles. The molecular formula is C15H20N2O3. The first-order chi connectivity index (χ1) is 9.61. The third kappa shape index (κ3) is 3.36. The van der Waals surface area contributed by atoms with Gasteiger partial charge in [0.25, 0.3) is 0 Å². The Balaban J connectivity index is 2.03. The average Bonchev–Trinajstić information content (AvgIpc) is 2.44. The van der Waals surface area contributed by atoms with E-state index >= 15 is 0 Å². The van der Waals surface area contributed by atoms with Gasteiger partial charge in [-0.2, -0.15) is 0 Å². The molecule has 0 N–H and O–H groups in total. The Morgan fingerprint density at radius 3 is 2.75 bits per heavy atom. The van der Waals surface area contributed by atoms with Crippen molar-refractivity contribution in [1.82, 2.24) is 9.80 Å². The van der Waals surface area contributed by atoms with E-state index in [1.165, 1.54) is 0 Å². The van der Waals surface area contributed by atoms with Gasteiger partial charge in [0.05, 0.1) is 25.3 Å². The Kier molecular flexibility index (Phi) is 4.74. The van der Waals surface area contributed by atoms with E-state index in [0.717, 1.165) is 6.54 Å². The highest BCUT2D eigenvalue weighted by Gasteiger charge is 2.23. The lowest BCUT2D eigenvalue weighted by molar-refractivity contribution is -0.134. The van der Waals surface area contributed by atoms with E-state index < -0.39 is 0 Å². The van der Waals surface area contributed by atoms with Crippen molar-refractivity contribution in [2.24, 2.45) is 0 Å². The molecule has 20 heavy (non-hydrogen) atoms. The van der Waals surface area contributed by atoms with Crippen molar-refractivity contribution in [2.75, 3.05) is 39.8 Å². The van der Waals surface area contributed by atoms with Crippen LogP contribution >= 0.6 is 0 Å². The topological polar surface area (TPSA) is 49.9 Å². The smallest absolute Gasteiger partial charge is 0.236 e. The number of ether oxygens (including phenoxy) is 1. The molecular weight excluding hydrogens is 256 g/mol. The summed E-state index contributed by atoms with van der Waals surface area (Å²) < 4.78 is 5.47. The predicted molar refractivity (Wildman–Crippen MR) is 76.0 cm³/mol. The van der Waals surface area contributed by atoms with Gasteiger partial charge in [-0.25, -0.2) is 0 Å². The molecule has 1 saturated heterocycles. The van der Waals surface area contributed by atoms with Crippen LogP contribution in [0.4, 0.5) is 0 Å². The van der Waals surface area contributed by atoms with E-state index in [4.69, 9.17) is 4.74 Å². The van der Waals surface area contributed by atoms with Crippen LogP contribution in [-0.2, 0) is 4.79 Å². The highest BCUT2D eigenvalue weighted by atomic mass is 16.5. The maximum atomic E-state index is 12.4. The second kappa shape index (κ2) is 6.52. The van der Waals surface area contributed by atoms with E-state index in [1.807, 2.05) is 24.0 Å². The average molecular weight is 276 g/mol. The van der Waals surface area contributed by atoms with Crippen molar-refractivity contribution in [3.05, 3.63) is 29.8 Å². The minimum Gasteiger partial charge on any atom is -0.493 e. The molecule has 0 bridgehead atoms. The number of hydrogen-bond donors (Lipinski definition) is 0. The first-order valence-corrected chi connectivity index (χ1v) is 6.83. The molecule has 1 fully saturated rings. The molecule has 5 nitrogen and oxygen atoms in total. The first-order valence-electron chi connectivity index (χ1n) is 6.83. The largest absolute Gasteiger partial charge is 0.493 e. The third-order valence-electron chi connectivity index (χ3n) is 3.39. The fourth-order valence-corrected chi connectivity index (χ4v) is 2.21. The highest BCUT2D eigenvalue weighted by Crippen LogP contribution is 2.19. The van der Waals surface area contributed by atoms with Gasteiger partial charge in [0.2, 0.25) is 5.91 Å². The second-order valence-electron chi connectivity index (χ2n) is 4.88. The molecule has 0 atom stereocenters. The quantitative estimate of drug-likeness (QED) is 0.754. The van der Waals surface area contributed by atoms with Crippen LogP contribution in [0.25, 0.3) is 0 Å². The molecule has 5 heteroatoms. The second-order valence-corrected chi connectivity index (χ2v) is 4.88. The third-order valence-corrected chi connectivity index (χ3v) is 3.39. The normalized spacial score (nSPS) is 16.3. The van der Waals surface area contributed by atoms with E-state index in [0.29, 0.717) is 31.0 Å². The minimum absolute atomic E-state index is 0.00796. The van der Waals surface area contributed by atoms with Crippen LogP contribution in [0, 0.1) is 0 Å². The number of benzene rings is 1. The number of para-hydroxylation sites is 1. The molecule has 1 aliphatic heterocycles. The van der Waals surface area contributed by atoms with Crippen LogP contribution in [0.3, 0.4) is 0 Å². The zero-order chi connectivity index (χ0) is 14.5. The Hall–Kier alpha value is -1.88. The number of carbonyl (C=O) groups excluding carboxylic acids is 2. The summed E-state index contributed by atoms with van der Waals surface area (Å²) in [4.78, 5) is 27.6. The number of hydrogen-bond acceptors (Lipinski definition) is 4. The van der Waals surface area contributed by atoms with Crippen LogP contribution in [-0.4, -0.2) is 61.3 Å². The highest BCUT2D eigenvalue weighted by molar-refractivity contribution is 6.00. The number of likely N-dealkylation sites (N-methyl/N-ethyl adjacent to an activating group) is 1. The minimum atomic E-state index is -0.00796. The number of ketones is 1. The number of rotatable bonds is 5. The maximum absolute atomic E-state index is 12.4. The van der Waals surface area contributed by atoms with Crippen LogP contribution in [0.2, 0.25) is 0 Å². The van der Waals surface area contributed by atoms with Gasteiger partial charge in [0.15, 0.2) is 5.78 Å². The summed E-state index contributed by atoms with van der Waals surface area (Å²) >= 11 is 0. The van der Waals surface area contributed by atoms with Gasteiger partial charge in [-0.15, -0.1) is 0 Å². The molecule has 1 amide bonds. The van der Waals surface area contributed by atoms with Gasteiger partial charge < -0.3 is 9.64 Å². The molecule has 0 unspecified atom stereocenters. The van der Waals surface area contributed by atoms with Crippen molar-refractivity contribution in [3.8, 4) is 5.75 Å². The van der Waals surface area contributed by atoms with Gasteiger partial charge in [-0.05, 0) is 19.1 Å². The summed E-state index contributed by atoms with van der Waals surface area (Å²) in [5.41, 5.74) is 0.584. The van der Waals surface area contributed by atoms with Crippen LogP contribution in [0.15, 0.2) is 24.3 Å². The molecule has 0 aromatic heterocycles. The Morgan fingerprint density at radius 2 is 2.05 bits per heavy atom. The zero-order valence-electron chi connectivity index (χ0n) is 12.0. The lowest BCUT2D eigenvalue weighted by Crippen LogP contribution is -2.49. The monoisotopic (exact) mass is 276 g/mol. The number of Topliss-reactive ketones (excluding diaryl/α,β-unsaturated/α-hetero) is 1. The van der Waals surface area contributed by atoms with Gasteiger partial charge in [0.1, 0.15) is 5.75 Å². The SMILES string of the molecule is CCOc1ccccc1C(=O)CN1CCN(C)C(=O)C1. The van der Waals surface area contributed by atoms with Crippen molar-refractivity contribution >= 4 is 11.7 Å². The van der Waals surface area contributed by atoms with E-state index in [9.17, 15) is 9.59 Å². The molecule has 2 rings (SSSR count). The summed E-state index contributed by atoms with van der Waals surface area (Å²) in [5, 5.41) is 0. The van der Waals surface area contributed by atoms with Gasteiger partial charge >= 0.3 is 0 Å². The number of nitrogens with zero attached hydrogens (tertiary/aromatic N) is 2. The van der Waals surface area contributed by atoms with E-state index in [2.05, 4.69) is 0 Å². The van der Waals surface area contributed by atoms with Crippen molar-refractivity contribution in [3.63, 3.8) is 0 Å². The Bertz CT molecular complexity index is 502. The molecule has 0 aliphatic carbocycles. The van der Waals surface area contributed by atoms with Gasteiger partial charge in [-0.3, -0.25) is 14.5 Å². The number of amides is 1. The zero-order valence-corrected chi connectivity index (χ0v) is 12.0. The molecule has 0 spiro atoms. The molecule has 108 valence electrons. The summed E-state index contributed by atoms with van der Waals surface area (Å²) in [7, 11) is 1.78. The van der Waals surface area contributed by atoms with Crippen molar-refractivity contribution in [1.29, 1.82) is 0 Å². The van der Waals surface area contributed by atoms with E-state index in [-0.39, 0.29) is 18.2 Å². The molecule has 0 radical (unpaired) electrons. The fraction of sp³-hybridized carbons (Fsp3) is 0.467. The molecule has 1 aromatic rings. The van der Waals surface area contributed by atoms with Crippen molar-refractivity contribution < 1.29 is 14.3 Å². The summed E-state index contributed by atoms with van der Waals surface area (Å²) in [6.07, 6.45) is 0. The summed E-state index contributed by atoms with van der Waals surface area (Å²) in [5.74, 6) is 0.661. The van der Waals surface area contributed by atoms with Crippen molar-refractivity contribution in [2.45, 2.75) is 6.92 Å². The standard InChI is InChI=1S/C15H20N2O3/c1-3-20-14-7-5-4-6-12(14)13(18)10-17-9-8-16(2)15(19)11-17/h4-7H,3,8-11H2,1-2H3. The number of carbonyl (C=O) groups is 2. The lowest BCUT2D eigenvalue weighted by atomic mass is 10.1. The first kappa shape index (κ1) is 14.5. The van der Waals surface area contributed by atoms with Crippen LogP contribution < -0.4 is 4.74 Å². The predicted octanol–water partition coefficient (Wildman–Crippen LogP) is 1.04. The summed E-state index contributed by atoms with van der Waals surface area (Å²) in [6.45, 7) is 4.37. The van der Waals surface area contributed by atoms with Crippen LogP contribution in [0.5, 0.6) is 5.75 Å². The Morgan fingerprint density at radius 1 is 1.30 bits per heavy atom. The molecule has 1 aliphatic rings.